The summed E-state index contributed by atoms with van der Waals surface area (Å²) in [5, 5.41) is 7.68. The summed E-state index contributed by atoms with van der Waals surface area (Å²) >= 11 is 0. The zero-order valence-electron chi connectivity index (χ0n) is 15.1. The summed E-state index contributed by atoms with van der Waals surface area (Å²) < 4.78 is 33.5. The number of hydrogen-bond donors (Lipinski definition) is 2. The van der Waals surface area contributed by atoms with Gasteiger partial charge in [0.2, 0.25) is 15.9 Å². The molecule has 0 aliphatic rings. The molecule has 0 saturated heterocycles. The van der Waals surface area contributed by atoms with E-state index in [1.54, 1.807) is 18.2 Å². The Morgan fingerprint density at radius 2 is 1.67 bits per heavy atom. The minimum Gasteiger partial charge on any atom is -0.490 e. The molecule has 27 heavy (non-hydrogen) atoms. The van der Waals surface area contributed by atoms with Crippen LogP contribution in [0.15, 0.2) is 53.4 Å². The second-order valence-corrected chi connectivity index (χ2v) is 7.03. The van der Waals surface area contributed by atoms with E-state index >= 15 is 0 Å². The van der Waals surface area contributed by atoms with Gasteiger partial charge in [0.15, 0.2) is 11.5 Å². The minimum atomic E-state index is -3.76. The Labute approximate surface area is 158 Å². The molecule has 2 aromatic rings. The predicted octanol–water partition coefficient (Wildman–Crippen LogP) is 2.78. The van der Waals surface area contributed by atoms with Gasteiger partial charge in [0.25, 0.3) is 0 Å². The molecule has 1 amide bonds. The number of benzene rings is 2. The summed E-state index contributed by atoms with van der Waals surface area (Å²) in [5.74, 6) is 0.904. The molecule has 3 N–H and O–H groups in total. The summed E-state index contributed by atoms with van der Waals surface area (Å²) in [7, 11) is -3.76. The van der Waals surface area contributed by atoms with Crippen LogP contribution in [0.1, 0.15) is 19.4 Å². The molecule has 0 atom stereocenters. The summed E-state index contributed by atoms with van der Waals surface area (Å²) in [6.45, 7) is 4.81. The lowest BCUT2D eigenvalue weighted by atomic mass is 10.2. The molecule has 8 heteroatoms. The average Bonchev–Trinajstić information content (AvgIpc) is 2.62. The number of anilines is 1. The molecular weight excluding hydrogens is 368 g/mol. The normalized spacial score (nSPS) is 11.4. The highest BCUT2D eigenvalue weighted by atomic mass is 32.2. The molecule has 2 aromatic carbocycles. The molecule has 2 rings (SSSR count). The second kappa shape index (κ2) is 9.20. The van der Waals surface area contributed by atoms with E-state index in [-0.39, 0.29) is 10.8 Å². The number of primary sulfonamides is 1. The van der Waals surface area contributed by atoms with Gasteiger partial charge in [-0.2, -0.15) is 0 Å². The molecule has 0 bridgehead atoms. The van der Waals surface area contributed by atoms with Crippen LogP contribution in [0.25, 0.3) is 6.08 Å². The van der Waals surface area contributed by atoms with Crippen molar-refractivity contribution >= 4 is 27.7 Å². The maximum atomic E-state index is 12.1. The lowest BCUT2D eigenvalue weighted by Gasteiger charge is -2.11. The third-order valence-electron chi connectivity index (χ3n) is 3.44. The van der Waals surface area contributed by atoms with Gasteiger partial charge >= 0.3 is 0 Å². The van der Waals surface area contributed by atoms with Gasteiger partial charge in [-0.15, -0.1) is 0 Å². The number of sulfonamides is 1. The van der Waals surface area contributed by atoms with Crippen molar-refractivity contribution in [2.75, 3.05) is 18.5 Å². The highest BCUT2D eigenvalue weighted by molar-refractivity contribution is 7.89. The van der Waals surface area contributed by atoms with Crippen LogP contribution in [-0.2, 0) is 14.8 Å². The number of ether oxygens (including phenoxy) is 2. The van der Waals surface area contributed by atoms with Crippen molar-refractivity contribution in [3.8, 4) is 11.5 Å². The van der Waals surface area contributed by atoms with E-state index in [4.69, 9.17) is 14.6 Å². The largest absolute Gasteiger partial charge is 0.490 e. The predicted molar refractivity (Wildman–Crippen MR) is 104 cm³/mol. The summed E-state index contributed by atoms with van der Waals surface area (Å²) in [6.07, 6.45) is 3.02. The standard InChI is InChI=1S/C19H22N2O5S/c1-3-25-17-11-5-14(13-18(17)26-4-2)6-12-19(22)21-15-7-9-16(10-8-15)27(20,23)24/h5-13H,3-4H2,1-2H3,(H,21,22)(H2,20,23,24). The Balaban J connectivity index is 2.06. The number of hydrogen-bond acceptors (Lipinski definition) is 5. The van der Waals surface area contributed by atoms with E-state index in [9.17, 15) is 13.2 Å². The topological polar surface area (TPSA) is 108 Å². The molecule has 144 valence electrons. The maximum absolute atomic E-state index is 12.1. The molecule has 0 heterocycles. The van der Waals surface area contributed by atoms with Gasteiger partial charge in [-0.1, -0.05) is 6.07 Å². The quantitative estimate of drug-likeness (QED) is 0.674. The van der Waals surface area contributed by atoms with Gasteiger partial charge in [-0.25, -0.2) is 13.6 Å². The molecule has 0 saturated carbocycles. The van der Waals surface area contributed by atoms with Crippen LogP contribution in [0, 0.1) is 0 Å². The van der Waals surface area contributed by atoms with Crippen molar-refractivity contribution in [2.24, 2.45) is 5.14 Å². The molecule has 0 aliphatic carbocycles. The van der Waals surface area contributed by atoms with Crippen LogP contribution in [0.2, 0.25) is 0 Å². The fourth-order valence-electron chi connectivity index (χ4n) is 2.26. The molecule has 0 aromatic heterocycles. The Morgan fingerprint density at radius 1 is 1.04 bits per heavy atom. The number of rotatable bonds is 8. The Morgan fingerprint density at radius 3 is 2.26 bits per heavy atom. The summed E-state index contributed by atoms with van der Waals surface area (Å²) in [4.78, 5) is 12.0. The van der Waals surface area contributed by atoms with Crippen LogP contribution < -0.4 is 19.9 Å². The van der Waals surface area contributed by atoms with E-state index in [0.29, 0.717) is 30.4 Å². The highest BCUT2D eigenvalue weighted by Gasteiger charge is 2.08. The molecule has 0 radical (unpaired) electrons. The van der Waals surface area contributed by atoms with Gasteiger partial charge in [0.1, 0.15) is 0 Å². The number of carbonyl (C=O) groups excluding carboxylic acids is 1. The van der Waals surface area contributed by atoms with Gasteiger partial charge in [-0.3, -0.25) is 4.79 Å². The zero-order chi connectivity index (χ0) is 19.9. The van der Waals surface area contributed by atoms with E-state index in [0.717, 1.165) is 5.56 Å². The monoisotopic (exact) mass is 390 g/mol. The van der Waals surface area contributed by atoms with Crippen molar-refractivity contribution < 1.29 is 22.7 Å². The SMILES string of the molecule is CCOc1ccc(C=CC(=O)Nc2ccc(S(N)(=O)=O)cc2)cc1OCC. The van der Waals surface area contributed by atoms with E-state index in [1.165, 1.54) is 30.3 Å². The van der Waals surface area contributed by atoms with Crippen molar-refractivity contribution in [1.82, 2.24) is 0 Å². The van der Waals surface area contributed by atoms with Crippen molar-refractivity contribution in [3.63, 3.8) is 0 Å². The van der Waals surface area contributed by atoms with Gasteiger partial charge < -0.3 is 14.8 Å². The minimum absolute atomic E-state index is 0.0196. The van der Waals surface area contributed by atoms with Crippen molar-refractivity contribution in [3.05, 3.63) is 54.1 Å². The van der Waals surface area contributed by atoms with E-state index in [2.05, 4.69) is 5.32 Å². The number of amides is 1. The van der Waals surface area contributed by atoms with E-state index < -0.39 is 10.0 Å². The number of nitrogens with one attached hydrogen (secondary N) is 1. The number of nitrogens with two attached hydrogens (primary N) is 1. The third-order valence-corrected chi connectivity index (χ3v) is 4.37. The average molecular weight is 390 g/mol. The van der Waals surface area contributed by atoms with Gasteiger partial charge in [0.05, 0.1) is 18.1 Å². The third kappa shape index (κ3) is 6.12. The van der Waals surface area contributed by atoms with Crippen LogP contribution in [0.5, 0.6) is 11.5 Å². The Bertz CT molecular complexity index is 922. The van der Waals surface area contributed by atoms with Gasteiger partial charge in [0, 0.05) is 11.8 Å². The smallest absolute Gasteiger partial charge is 0.248 e. The fourth-order valence-corrected chi connectivity index (χ4v) is 2.77. The molecule has 0 spiro atoms. The molecular formula is C19H22N2O5S. The molecule has 7 nitrogen and oxygen atoms in total. The first kappa shape index (κ1) is 20.5. The van der Waals surface area contributed by atoms with Crippen LogP contribution >= 0.6 is 0 Å². The number of carbonyl (C=O) groups is 1. The lowest BCUT2D eigenvalue weighted by Crippen LogP contribution is -2.12. The van der Waals surface area contributed by atoms with Crippen LogP contribution in [-0.4, -0.2) is 27.5 Å². The molecule has 0 aliphatic heterocycles. The molecule has 0 fully saturated rings. The Hall–Kier alpha value is -2.84. The van der Waals surface area contributed by atoms with Crippen LogP contribution in [0.3, 0.4) is 0 Å². The van der Waals surface area contributed by atoms with Crippen molar-refractivity contribution in [2.45, 2.75) is 18.7 Å². The first-order chi connectivity index (χ1) is 12.8. The first-order valence-electron chi connectivity index (χ1n) is 8.35. The highest BCUT2D eigenvalue weighted by Crippen LogP contribution is 2.29. The zero-order valence-corrected chi connectivity index (χ0v) is 16.0. The van der Waals surface area contributed by atoms with Crippen LogP contribution in [0.4, 0.5) is 5.69 Å². The Kier molecular flexibility index (Phi) is 6.98. The second-order valence-electron chi connectivity index (χ2n) is 5.46. The van der Waals surface area contributed by atoms with Crippen molar-refractivity contribution in [1.29, 1.82) is 0 Å². The fraction of sp³-hybridized carbons (Fsp3) is 0.211. The first-order valence-corrected chi connectivity index (χ1v) is 9.89. The van der Waals surface area contributed by atoms with Gasteiger partial charge in [-0.05, 0) is 61.9 Å². The summed E-state index contributed by atoms with van der Waals surface area (Å²) in [5.41, 5.74) is 1.24. The molecule has 0 unspecified atom stereocenters. The lowest BCUT2D eigenvalue weighted by molar-refractivity contribution is -0.111. The summed E-state index contributed by atoms with van der Waals surface area (Å²) in [6, 6.07) is 11.0. The van der Waals surface area contributed by atoms with E-state index in [1.807, 2.05) is 19.9 Å². The maximum Gasteiger partial charge on any atom is 0.248 e.